The Kier molecular flexibility index (Phi) is 3.88. The van der Waals surface area contributed by atoms with Gasteiger partial charge in [0, 0.05) is 26.4 Å². The molecular formula is C13H18FN5O. The van der Waals surface area contributed by atoms with Gasteiger partial charge in [-0.3, -0.25) is 10.00 Å². The van der Waals surface area contributed by atoms with E-state index in [0.29, 0.717) is 24.6 Å². The number of halogens is 1. The zero-order valence-electron chi connectivity index (χ0n) is 11.4. The number of likely N-dealkylation sites (tertiary alicyclic amines) is 1. The third kappa shape index (κ3) is 2.64. The molecule has 1 aliphatic heterocycles. The number of fused-ring (bicyclic) bond motifs is 1. The van der Waals surface area contributed by atoms with Crippen molar-refractivity contribution in [2.24, 2.45) is 0 Å². The van der Waals surface area contributed by atoms with Crippen LogP contribution in [0.1, 0.15) is 18.2 Å². The van der Waals surface area contributed by atoms with Gasteiger partial charge in [0.2, 0.25) is 0 Å². The van der Waals surface area contributed by atoms with E-state index in [9.17, 15) is 4.39 Å². The van der Waals surface area contributed by atoms with Crippen LogP contribution in [0.15, 0.2) is 12.4 Å². The number of piperidine rings is 1. The van der Waals surface area contributed by atoms with Gasteiger partial charge in [0.25, 0.3) is 0 Å². The van der Waals surface area contributed by atoms with Crippen LogP contribution < -0.4 is 0 Å². The summed E-state index contributed by atoms with van der Waals surface area (Å²) in [4.78, 5) is 10.8. The van der Waals surface area contributed by atoms with Gasteiger partial charge in [-0.1, -0.05) is 0 Å². The van der Waals surface area contributed by atoms with E-state index in [1.54, 1.807) is 19.5 Å². The SMILES string of the molecule is COCCN1CCC(c2ncc3cn[nH]c3n2)C(F)C1. The van der Waals surface area contributed by atoms with Gasteiger partial charge in [-0.2, -0.15) is 5.10 Å². The van der Waals surface area contributed by atoms with E-state index in [1.807, 2.05) is 0 Å². The van der Waals surface area contributed by atoms with Gasteiger partial charge in [0.15, 0.2) is 5.65 Å². The quantitative estimate of drug-likeness (QED) is 0.908. The molecule has 0 saturated carbocycles. The maximum Gasteiger partial charge on any atom is 0.158 e. The summed E-state index contributed by atoms with van der Waals surface area (Å²) < 4.78 is 19.4. The van der Waals surface area contributed by atoms with E-state index < -0.39 is 6.17 Å². The molecule has 3 rings (SSSR count). The second-order valence-corrected chi connectivity index (χ2v) is 5.11. The van der Waals surface area contributed by atoms with Crippen molar-refractivity contribution >= 4 is 11.0 Å². The average Bonchev–Trinajstić information content (AvgIpc) is 2.92. The molecular weight excluding hydrogens is 261 g/mol. The Balaban J connectivity index is 1.71. The minimum atomic E-state index is -0.944. The number of hydrogen-bond donors (Lipinski definition) is 1. The van der Waals surface area contributed by atoms with Crippen LogP contribution in [0, 0.1) is 0 Å². The molecule has 1 fully saturated rings. The van der Waals surface area contributed by atoms with Crippen LogP contribution in [0.2, 0.25) is 0 Å². The minimum absolute atomic E-state index is 0.235. The molecule has 2 unspecified atom stereocenters. The maximum atomic E-state index is 14.3. The van der Waals surface area contributed by atoms with Crippen molar-refractivity contribution in [2.75, 3.05) is 33.4 Å². The third-order valence-corrected chi connectivity index (χ3v) is 3.78. The van der Waals surface area contributed by atoms with Crippen molar-refractivity contribution in [1.29, 1.82) is 0 Å². The standard InChI is InChI=1S/C13H18FN5O/c1-20-5-4-19-3-2-10(11(14)8-19)13-15-6-9-7-16-18-12(9)17-13/h6-7,10-11H,2-5,8H2,1H3,(H,15,16,17,18). The van der Waals surface area contributed by atoms with Gasteiger partial charge in [-0.15, -0.1) is 0 Å². The van der Waals surface area contributed by atoms with Crippen molar-refractivity contribution in [3.8, 4) is 0 Å². The number of rotatable bonds is 4. The van der Waals surface area contributed by atoms with E-state index in [1.165, 1.54) is 0 Å². The van der Waals surface area contributed by atoms with Crippen molar-refractivity contribution in [1.82, 2.24) is 25.1 Å². The van der Waals surface area contributed by atoms with E-state index in [2.05, 4.69) is 25.1 Å². The summed E-state index contributed by atoms with van der Waals surface area (Å²) in [5, 5.41) is 7.56. The van der Waals surface area contributed by atoms with Crippen molar-refractivity contribution in [3.05, 3.63) is 18.2 Å². The molecule has 0 aliphatic carbocycles. The second kappa shape index (κ2) is 5.80. The average molecular weight is 279 g/mol. The fourth-order valence-electron chi connectivity index (χ4n) is 2.61. The second-order valence-electron chi connectivity index (χ2n) is 5.11. The first kappa shape index (κ1) is 13.4. The fourth-order valence-corrected chi connectivity index (χ4v) is 2.61. The molecule has 1 saturated heterocycles. The number of nitrogens with one attached hydrogen (secondary N) is 1. The molecule has 108 valence electrons. The number of alkyl halides is 1. The van der Waals surface area contributed by atoms with Crippen molar-refractivity contribution < 1.29 is 9.13 Å². The lowest BCUT2D eigenvalue weighted by molar-refractivity contribution is 0.0844. The normalized spacial score (nSPS) is 24.3. The zero-order valence-corrected chi connectivity index (χ0v) is 11.4. The van der Waals surface area contributed by atoms with Crippen LogP contribution in [0.5, 0.6) is 0 Å². The monoisotopic (exact) mass is 279 g/mol. The Morgan fingerprint density at radius 2 is 2.40 bits per heavy atom. The van der Waals surface area contributed by atoms with Crippen LogP contribution in [0.4, 0.5) is 4.39 Å². The maximum absolute atomic E-state index is 14.3. The molecule has 1 aliphatic rings. The van der Waals surface area contributed by atoms with Gasteiger partial charge in [0.1, 0.15) is 12.0 Å². The van der Waals surface area contributed by atoms with Gasteiger partial charge in [-0.05, 0) is 13.0 Å². The van der Waals surface area contributed by atoms with Crippen LogP contribution in [-0.4, -0.2) is 64.6 Å². The third-order valence-electron chi connectivity index (χ3n) is 3.78. The van der Waals surface area contributed by atoms with Crippen LogP contribution >= 0.6 is 0 Å². The van der Waals surface area contributed by atoms with Crippen LogP contribution in [0.3, 0.4) is 0 Å². The van der Waals surface area contributed by atoms with Crippen LogP contribution in [0.25, 0.3) is 11.0 Å². The molecule has 20 heavy (non-hydrogen) atoms. The molecule has 0 spiro atoms. The minimum Gasteiger partial charge on any atom is -0.383 e. The summed E-state index contributed by atoms with van der Waals surface area (Å²) >= 11 is 0. The predicted molar refractivity (Wildman–Crippen MR) is 72.3 cm³/mol. The first-order valence-electron chi connectivity index (χ1n) is 6.79. The Morgan fingerprint density at radius 1 is 1.50 bits per heavy atom. The summed E-state index contributed by atoms with van der Waals surface area (Å²) in [5.74, 6) is 0.335. The lowest BCUT2D eigenvalue weighted by Gasteiger charge is -2.33. The number of ether oxygens (including phenoxy) is 1. The summed E-state index contributed by atoms with van der Waals surface area (Å²) in [6, 6.07) is 0. The molecule has 2 aromatic heterocycles. The Morgan fingerprint density at radius 3 is 3.20 bits per heavy atom. The summed E-state index contributed by atoms with van der Waals surface area (Å²) in [7, 11) is 1.66. The molecule has 6 nitrogen and oxygen atoms in total. The largest absolute Gasteiger partial charge is 0.383 e. The highest BCUT2D eigenvalue weighted by Crippen LogP contribution is 2.28. The topological polar surface area (TPSA) is 66.9 Å². The molecule has 0 amide bonds. The zero-order chi connectivity index (χ0) is 13.9. The number of methoxy groups -OCH3 is 1. The number of aromatic amines is 1. The van der Waals surface area contributed by atoms with E-state index >= 15 is 0 Å². The van der Waals surface area contributed by atoms with Gasteiger partial charge < -0.3 is 4.74 Å². The Hall–Kier alpha value is -1.60. The lowest BCUT2D eigenvalue weighted by Crippen LogP contribution is -2.42. The van der Waals surface area contributed by atoms with E-state index in [0.717, 1.165) is 24.9 Å². The lowest BCUT2D eigenvalue weighted by atomic mass is 9.94. The molecule has 7 heteroatoms. The van der Waals surface area contributed by atoms with Crippen LogP contribution in [-0.2, 0) is 4.74 Å². The summed E-state index contributed by atoms with van der Waals surface area (Å²) in [6.07, 6.45) is 3.15. The number of nitrogens with zero attached hydrogens (tertiary/aromatic N) is 4. The van der Waals surface area contributed by atoms with E-state index in [4.69, 9.17) is 4.74 Å². The summed E-state index contributed by atoms with van der Waals surface area (Å²) in [6.45, 7) is 2.66. The van der Waals surface area contributed by atoms with Gasteiger partial charge in [-0.25, -0.2) is 14.4 Å². The Labute approximate surface area is 116 Å². The molecule has 0 bridgehead atoms. The molecule has 0 radical (unpaired) electrons. The predicted octanol–water partition coefficient (Wildman–Crippen LogP) is 1.13. The number of aromatic nitrogens is 4. The number of H-pyrrole nitrogens is 1. The first-order valence-corrected chi connectivity index (χ1v) is 6.79. The highest BCUT2D eigenvalue weighted by molar-refractivity contribution is 5.72. The summed E-state index contributed by atoms with van der Waals surface area (Å²) in [5.41, 5.74) is 0.670. The molecule has 2 atom stereocenters. The fraction of sp³-hybridized carbons (Fsp3) is 0.615. The van der Waals surface area contributed by atoms with Crippen molar-refractivity contribution in [3.63, 3.8) is 0 Å². The van der Waals surface area contributed by atoms with Gasteiger partial charge >= 0.3 is 0 Å². The Bertz CT molecular complexity index is 575. The molecule has 3 heterocycles. The molecule has 2 aromatic rings. The highest BCUT2D eigenvalue weighted by Gasteiger charge is 2.32. The smallest absolute Gasteiger partial charge is 0.158 e. The number of hydrogen-bond acceptors (Lipinski definition) is 5. The molecule has 1 N–H and O–H groups in total. The van der Waals surface area contributed by atoms with Gasteiger partial charge in [0.05, 0.1) is 24.1 Å². The van der Waals surface area contributed by atoms with E-state index in [-0.39, 0.29) is 5.92 Å². The highest BCUT2D eigenvalue weighted by atomic mass is 19.1. The van der Waals surface area contributed by atoms with Crippen molar-refractivity contribution in [2.45, 2.75) is 18.5 Å². The molecule has 0 aromatic carbocycles. The first-order chi connectivity index (χ1) is 9.78.